The summed E-state index contributed by atoms with van der Waals surface area (Å²) < 4.78 is 31.6. The highest BCUT2D eigenvalue weighted by molar-refractivity contribution is 7.89. The van der Waals surface area contributed by atoms with Crippen molar-refractivity contribution in [3.05, 3.63) is 52.4 Å². The van der Waals surface area contributed by atoms with Crippen molar-refractivity contribution >= 4 is 27.6 Å². The third-order valence-corrected chi connectivity index (χ3v) is 4.66. The number of nitrogens with one attached hydrogen (secondary N) is 1. The molecule has 0 saturated heterocycles. The zero-order valence-corrected chi connectivity index (χ0v) is 12.5. The normalized spacial score (nSPS) is 11.5. The number of aryl methyl sites for hydroxylation is 1. The fourth-order valence-electron chi connectivity index (χ4n) is 1.73. The lowest BCUT2D eigenvalue weighted by molar-refractivity contribution is 0.0661. The van der Waals surface area contributed by atoms with Crippen LogP contribution < -0.4 is 4.72 Å². The number of carboxylic acids is 1. The zero-order chi connectivity index (χ0) is 15.6. The van der Waals surface area contributed by atoms with Gasteiger partial charge in [-0.3, -0.25) is 0 Å². The minimum Gasteiger partial charge on any atom is -0.475 e. The molecule has 0 fully saturated rings. The standard InChI is InChI=1S/C13H12ClNO5S/c1-8-12(6-11(20-8)13(16)17)21(18,19)15-7-9-4-2-3-5-10(9)14/h2-6,15H,7H2,1H3,(H,16,17). The van der Waals surface area contributed by atoms with Gasteiger partial charge in [-0.2, -0.15) is 0 Å². The van der Waals surface area contributed by atoms with Crippen LogP contribution in [0.15, 0.2) is 39.6 Å². The number of carboxylic acid groups (broad SMARTS) is 1. The molecule has 6 nitrogen and oxygen atoms in total. The number of rotatable bonds is 5. The van der Waals surface area contributed by atoms with Crippen LogP contribution in [0, 0.1) is 6.92 Å². The van der Waals surface area contributed by atoms with Crippen molar-refractivity contribution in [1.29, 1.82) is 0 Å². The van der Waals surface area contributed by atoms with Gasteiger partial charge in [0.2, 0.25) is 15.8 Å². The quantitative estimate of drug-likeness (QED) is 0.878. The lowest BCUT2D eigenvalue weighted by Crippen LogP contribution is -2.23. The molecule has 21 heavy (non-hydrogen) atoms. The van der Waals surface area contributed by atoms with Crippen molar-refractivity contribution < 1.29 is 22.7 Å². The van der Waals surface area contributed by atoms with E-state index in [-0.39, 0.29) is 17.2 Å². The van der Waals surface area contributed by atoms with Crippen molar-refractivity contribution in [3.63, 3.8) is 0 Å². The van der Waals surface area contributed by atoms with Gasteiger partial charge in [0.15, 0.2) is 0 Å². The third kappa shape index (κ3) is 3.44. The highest BCUT2D eigenvalue weighted by Crippen LogP contribution is 2.21. The fourth-order valence-corrected chi connectivity index (χ4v) is 3.12. The van der Waals surface area contributed by atoms with E-state index in [1.807, 2.05) is 0 Å². The molecule has 0 bridgehead atoms. The van der Waals surface area contributed by atoms with Crippen LogP contribution >= 0.6 is 11.6 Å². The van der Waals surface area contributed by atoms with Crippen LogP contribution in [0.25, 0.3) is 0 Å². The molecule has 1 aromatic carbocycles. The van der Waals surface area contributed by atoms with Crippen LogP contribution in [0.4, 0.5) is 0 Å². The second-order valence-electron chi connectivity index (χ2n) is 4.25. The third-order valence-electron chi connectivity index (χ3n) is 2.78. The second-order valence-corrected chi connectivity index (χ2v) is 6.39. The van der Waals surface area contributed by atoms with E-state index >= 15 is 0 Å². The first-order chi connectivity index (χ1) is 9.81. The highest BCUT2D eigenvalue weighted by Gasteiger charge is 2.23. The average Bonchev–Trinajstić information content (AvgIpc) is 2.81. The predicted octanol–water partition coefficient (Wildman–Crippen LogP) is 2.42. The number of carbonyl (C=O) groups is 1. The van der Waals surface area contributed by atoms with Crippen molar-refractivity contribution in [2.45, 2.75) is 18.4 Å². The Labute approximate surface area is 126 Å². The molecule has 0 aliphatic heterocycles. The van der Waals surface area contributed by atoms with Gasteiger partial charge >= 0.3 is 5.97 Å². The van der Waals surface area contributed by atoms with Crippen molar-refractivity contribution in [1.82, 2.24) is 4.72 Å². The fraction of sp³-hybridized carbons (Fsp3) is 0.154. The van der Waals surface area contributed by atoms with Crippen LogP contribution in [-0.2, 0) is 16.6 Å². The summed E-state index contributed by atoms with van der Waals surface area (Å²) >= 11 is 5.94. The molecule has 2 aromatic rings. The Morgan fingerprint density at radius 1 is 1.38 bits per heavy atom. The maximum Gasteiger partial charge on any atom is 0.371 e. The molecular formula is C13H12ClNO5S. The van der Waals surface area contributed by atoms with E-state index in [1.165, 1.54) is 6.92 Å². The number of sulfonamides is 1. The Morgan fingerprint density at radius 3 is 2.62 bits per heavy atom. The number of furan rings is 1. The largest absolute Gasteiger partial charge is 0.475 e. The summed E-state index contributed by atoms with van der Waals surface area (Å²) in [6, 6.07) is 7.79. The second kappa shape index (κ2) is 5.88. The van der Waals surface area contributed by atoms with Gasteiger partial charge in [-0.25, -0.2) is 17.9 Å². The molecule has 1 heterocycles. The molecule has 1 aromatic heterocycles. The average molecular weight is 330 g/mol. The van der Waals surface area contributed by atoms with Crippen LogP contribution in [0.2, 0.25) is 5.02 Å². The minimum atomic E-state index is -3.88. The monoisotopic (exact) mass is 329 g/mol. The number of hydrogen-bond acceptors (Lipinski definition) is 4. The molecule has 0 spiro atoms. The topological polar surface area (TPSA) is 96.6 Å². The number of benzene rings is 1. The molecular weight excluding hydrogens is 318 g/mol. The summed E-state index contributed by atoms with van der Waals surface area (Å²) in [6.07, 6.45) is 0. The van der Waals surface area contributed by atoms with Crippen LogP contribution in [-0.4, -0.2) is 19.5 Å². The Balaban J connectivity index is 2.23. The van der Waals surface area contributed by atoms with Gasteiger partial charge in [0, 0.05) is 17.6 Å². The van der Waals surface area contributed by atoms with E-state index in [0.717, 1.165) is 6.07 Å². The summed E-state index contributed by atoms with van der Waals surface area (Å²) in [5, 5.41) is 9.25. The zero-order valence-electron chi connectivity index (χ0n) is 11.0. The van der Waals surface area contributed by atoms with Gasteiger partial charge in [0.25, 0.3) is 0 Å². The first-order valence-electron chi connectivity index (χ1n) is 5.88. The van der Waals surface area contributed by atoms with Crippen LogP contribution in [0.1, 0.15) is 21.9 Å². The van der Waals surface area contributed by atoms with Gasteiger partial charge in [-0.15, -0.1) is 0 Å². The molecule has 112 valence electrons. The highest BCUT2D eigenvalue weighted by atomic mass is 35.5. The summed E-state index contributed by atoms with van der Waals surface area (Å²) in [6.45, 7) is 1.38. The van der Waals surface area contributed by atoms with Gasteiger partial charge in [-0.1, -0.05) is 29.8 Å². The van der Waals surface area contributed by atoms with E-state index in [1.54, 1.807) is 24.3 Å². The lowest BCUT2D eigenvalue weighted by atomic mass is 10.2. The van der Waals surface area contributed by atoms with E-state index < -0.39 is 21.8 Å². The van der Waals surface area contributed by atoms with Crippen molar-refractivity contribution in [2.75, 3.05) is 0 Å². The summed E-state index contributed by atoms with van der Waals surface area (Å²) in [4.78, 5) is 10.6. The van der Waals surface area contributed by atoms with Crippen molar-refractivity contribution in [2.24, 2.45) is 0 Å². The van der Waals surface area contributed by atoms with Gasteiger partial charge < -0.3 is 9.52 Å². The molecule has 2 rings (SSSR count). The Bertz CT molecular complexity index is 782. The van der Waals surface area contributed by atoms with E-state index in [9.17, 15) is 13.2 Å². The van der Waals surface area contributed by atoms with E-state index in [0.29, 0.717) is 10.6 Å². The Hall–Kier alpha value is -1.83. The number of hydrogen-bond donors (Lipinski definition) is 2. The van der Waals surface area contributed by atoms with Gasteiger partial charge in [-0.05, 0) is 18.6 Å². The number of halogens is 1. The Morgan fingerprint density at radius 2 is 2.05 bits per heavy atom. The van der Waals surface area contributed by atoms with Gasteiger partial charge in [0.05, 0.1) is 0 Å². The molecule has 0 saturated carbocycles. The molecule has 2 N–H and O–H groups in total. The molecule has 0 radical (unpaired) electrons. The molecule has 8 heteroatoms. The summed E-state index contributed by atoms with van der Waals surface area (Å²) in [5.74, 6) is -1.74. The lowest BCUT2D eigenvalue weighted by Gasteiger charge is -2.07. The molecule has 0 unspecified atom stereocenters. The predicted molar refractivity (Wildman–Crippen MR) is 75.9 cm³/mol. The first kappa shape index (κ1) is 15.6. The number of aromatic carboxylic acids is 1. The van der Waals surface area contributed by atoms with E-state index in [4.69, 9.17) is 21.1 Å². The molecule has 0 amide bonds. The van der Waals surface area contributed by atoms with Crippen molar-refractivity contribution in [3.8, 4) is 0 Å². The summed E-state index contributed by atoms with van der Waals surface area (Å²) in [7, 11) is -3.88. The molecule has 0 aliphatic rings. The van der Waals surface area contributed by atoms with E-state index in [2.05, 4.69) is 4.72 Å². The van der Waals surface area contributed by atoms with Gasteiger partial charge in [0.1, 0.15) is 10.7 Å². The van der Waals surface area contributed by atoms with Crippen LogP contribution in [0.5, 0.6) is 0 Å². The van der Waals surface area contributed by atoms with Crippen LogP contribution in [0.3, 0.4) is 0 Å². The summed E-state index contributed by atoms with van der Waals surface area (Å²) in [5.41, 5.74) is 0.613. The SMILES string of the molecule is Cc1oc(C(=O)O)cc1S(=O)(=O)NCc1ccccc1Cl. The maximum absolute atomic E-state index is 12.2. The Kier molecular flexibility index (Phi) is 4.36. The first-order valence-corrected chi connectivity index (χ1v) is 7.74. The maximum atomic E-state index is 12.2. The smallest absolute Gasteiger partial charge is 0.371 e. The molecule has 0 atom stereocenters. The minimum absolute atomic E-state index is 0.00493. The molecule has 0 aliphatic carbocycles.